The molecule has 1 heterocycles. The van der Waals surface area contributed by atoms with E-state index in [1.807, 2.05) is 24.3 Å². The van der Waals surface area contributed by atoms with Crippen LogP contribution in [-0.4, -0.2) is 16.5 Å². The fourth-order valence-corrected chi connectivity index (χ4v) is 2.52. The molecule has 0 saturated carbocycles. The topological polar surface area (TPSA) is 47.0 Å². The minimum atomic E-state index is 0.281. The van der Waals surface area contributed by atoms with Gasteiger partial charge in [-0.05, 0) is 53.1 Å². The molecule has 0 aliphatic carbocycles. The number of benzene rings is 1. The van der Waals surface area contributed by atoms with E-state index >= 15 is 0 Å². The maximum atomic E-state index is 5.98. The zero-order valence-electron chi connectivity index (χ0n) is 12.6. The summed E-state index contributed by atoms with van der Waals surface area (Å²) in [5.74, 6) is 2.57. The first-order valence-corrected chi connectivity index (χ1v) is 8.21. The Bertz CT molecular complexity index is 602. The zero-order chi connectivity index (χ0) is 15.2. The van der Waals surface area contributed by atoms with Gasteiger partial charge >= 0.3 is 0 Å². The van der Waals surface area contributed by atoms with E-state index in [9.17, 15) is 0 Å². The van der Waals surface area contributed by atoms with Gasteiger partial charge in [-0.15, -0.1) is 0 Å². The van der Waals surface area contributed by atoms with Gasteiger partial charge in [0.25, 0.3) is 0 Å². The third-order valence-corrected chi connectivity index (χ3v) is 3.65. The second-order valence-corrected chi connectivity index (χ2v) is 6.33. The molecule has 2 aromatic rings. The van der Waals surface area contributed by atoms with E-state index in [1.54, 1.807) is 6.33 Å². The molecule has 5 heteroatoms. The highest BCUT2D eigenvalue weighted by Gasteiger charge is 2.16. The largest absolute Gasteiger partial charge is 0.438 e. The van der Waals surface area contributed by atoms with Gasteiger partial charge < -0.3 is 10.1 Å². The molecule has 0 bridgehead atoms. The van der Waals surface area contributed by atoms with Crippen LogP contribution in [0.5, 0.6) is 11.6 Å². The fraction of sp³-hybridized carbons (Fsp3) is 0.375. The molecule has 0 fully saturated rings. The number of halogens is 1. The van der Waals surface area contributed by atoms with Crippen LogP contribution < -0.4 is 10.1 Å². The highest BCUT2D eigenvalue weighted by Crippen LogP contribution is 2.33. The monoisotopic (exact) mass is 397 g/mol. The summed E-state index contributed by atoms with van der Waals surface area (Å²) in [6.07, 6.45) is 2.60. The molecule has 1 aromatic heterocycles. The van der Waals surface area contributed by atoms with Crippen molar-refractivity contribution in [3.8, 4) is 11.6 Å². The van der Waals surface area contributed by atoms with Crippen molar-refractivity contribution in [1.29, 1.82) is 0 Å². The molecule has 0 aliphatic rings. The first-order chi connectivity index (χ1) is 10.1. The molecular weight excluding hydrogens is 377 g/mol. The van der Waals surface area contributed by atoms with Crippen LogP contribution in [-0.2, 0) is 0 Å². The quantitative estimate of drug-likeness (QED) is 0.711. The van der Waals surface area contributed by atoms with Crippen molar-refractivity contribution < 1.29 is 4.74 Å². The van der Waals surface area contributed by atoms with E-state index in [4.69, 9.17) is 4.74 Å². The van der Waals surface area contributed by atoms with E-state index in [0.29, 0.717) is 5.88 Å². The highest BCUT2D eigenvalue weighted by molar-refractivity contribution is 14.1. The number of aromatic nitrogens is 2. The molecule has 0 aliphatic heterocycles. The van der Waals surface area contributed by atoms with E-state index in [-0.39, 0.29) is 5.92 Å². The second kappa shape index (κ2) is 7.59. The third kappa shape index (κ3) is 4.30. The second-order valence-electron chi connectivity index (χ2n) is 5.08. The molecular formula is C16H20IN3O. The predicted octanol–water partition coefficient (Wildman–Crippen LogP) is 4.82. The lowest BCUT2D eigenvalue weighted by molar-refractivity contribution is 0.451. The smallest absolute Gasteiger partial charge is 0.227 e. The Balaban J connectivity index is 2.33. The van der Waals surface area contributed by atoms with Crippen molar-refractivity contribution in [1.82, 2.24) is 9.97 Å². The molecule has 4 nitrogen and oxygen atoms in total. The molecule has 21 heavy (non-hydrogen) atoms. The Labute approximate surface area is 139 Å². The van der Waals surface area contributed by atoms with Crippen molar-refractivity contribution >= 4 is 28.4 Å². The number of nitrogens with one attached hydrogen (secondary N) is 1. The Morgan fingerprint density at radius 2 is 2.10 bits per heavy atom. The number of nitrogens with zero attached hydrogens (tertiary/aromatic N) is 2. The van der Waals surface area contributed by atoms with Gasteiger partial charge in [-0.25, -0.2) is 9.97 Å². The first-order valence-electron chi connectivity index (χ1n) is 7.14. The van der Waals surface area contributed by atoms with Crippen molar-refractivity contribution in [3.63, 3.8) is 0 Å². The van der Waals surface area contributed by atoms with Crippen LogP contribution in [0.2, 0.25) is 0 Å². The summed E-state index contributed by atoms with van der Waals surface area (Å²) >= 11 is 2.27. The Hall–Kier alpha value is -1.37. The van der Waals surface area contributed by atoms with Gasteiger partial charge in [-0.1, -0.05) is 26.8 Å². The summed E-state index contributed by atoms with van der Waals surface area (Å²) in [4.78, 5) is 8.67. The molecule has 0 atom stereocenters. The fourth-order valence-electron chi connectivity index (χ4n) is 2.01. The van der Waals surface area contributed by atoms with E-state index < -0.39 is 0 Å². The molecule has 1 aromatic carbocycles. The van der Waals surface area contributed by atoms with Crippen molar-refractivity contribution in [2.45, 2.75) is 33.1 Å². The summed E-state index contributed by atoms with van der Waals surface area (Å²) in [5.41, 5.74) is 1.02. The molecule has 0 amide bonds. The Morgan fingerprint density at radius 3 is 2.76 bits per heavy atom. The lowest BCUT2D eigenvalue weighted by atomic mass is 10.1. The average Bonchev–Trinajstić information content (AvgIpc) is 2.45. The summed E-state index contributed by atoms with van der Waals surface area (Å²) in [6.45, 7) is 7.26. The van der Waals surface area contributed by atoms with Gasteiger partial charge in [0, 0.05) is 10.1 Å². The van der Waals surface area contributed by atoms with Crippen molar-refractivity contribution in [3.05, 3.63) is 39.7 Å². The van der Waals surface area contributed by atoms with Crippen molar-refractivity contribution in [2.24, 2.45) is 0 Å². The van der Waals surface area contributed by atoms with Gasteiger partial charge in [-0.3, -0.25) is 0 Å². The van der Waals surface area contributed by atoms with Gasteiger partial charge in [0.05, 0.1) is 5.56 Å². The average molecular weight is 397 g/mol. The summed E-state index contributed by atoms with van der Waals surface area (Å²) in [5, 5.41) is 3.35. The normalized spacial score (nSPS) is 10.7. The van der Waals surface area contributed by atoms with Crippen LogP contribution in [0.3, 0.4) is 0 Å². The maximum Gasteiger partial charge on any atom is 0.227 e. The van der Waals surface area contributed by atoms with E-state index in [0.717, 1.165) is 33.7 Å². The van der Waals surface area contributed by atoms with Gasteiger partial charge in [0.1, 0.15) is 17.9 Å². The Morgan fingerprint density at radius 1 is 1.29 bits per heavy atom. The molecule has 1 N–H and O–H groups in total. The molecule has 0 saturated heterocycles. The molecule has 0 unspecified atom stereocenters. The molecule has 2 rings (SSSR count). The summed E-state index contributed by atoms with van der Waals surface area (Å²) in [7, 11) is 0. The summed E-state index contributed by atoms with van der Waals surface area (Å²) < 4.78 is 7.11. The van der Waals surface area contributed by atoms with Crippen LogP contribution >= 0.6 is 22.6 Å². The predicted molar refractivity (Wildman–Crippen MR) is 94.1 cm³/mol. The number of hydrogen-bond acceptors (Lipinski definition) is 4. The zero-order valence-corrected chi connectivity index (χ0v) is 14.7. The minimum Gasteiger partial charge on any atom is -0.438 e. The number of rotatable bonds is 6. The molecule has 112 valence electrons. The van der Waals surface area contributed by atoms with Crippen LogP contribution in [0, 0.1) is 3.57 Å². The number of anilines is 1. The maximum absolute atomic E-state index is 5.98. The first kappa shape index (κ1) is 16.0. The highest BCUT2D eigenvalue weighted by atomic mass is 127. The minimum absolute atomic E-state index is 0.281. The summed E-state index contributed by atoms with van der Waals surface area (Å²) in [6, 6.07) is 7.94. The van der Waals surface area contributed by atoms with Crippen LogP contribution in [0.1, 0.15) is 38.7 Å². The Kier molecular flexibility index (Phi) is 5.78. The van der Waals surface area contributed by atoms with Gasteiger partial charge in [0.2, 0.25) is 5.88 Å². The van der Waals surface area contributed by atoms with Crippen LogP contribution in [0.15, 0.2) is 30.6 Å². The van der Waals surface area contributed by atoms with E-state index in [1.165, 1.54) is 0 Å². The van der Waals surface area contributed by atoms with Crippen LogP contribution in [0.4, 0.5) is 5.82 Å². The van der Waals surface area contributed by atoms with Crippen LogP contribution in [0.25, 0.3) is 0 Å². The molecule has 0 spiro atoms. The van der Waals surface area contributed by atoms with E-state index in [2.05, 4.69) is 58.6 Å². The molecule has 0 radical (unpaired) electrons. The third-order valence-electron chi connectivity index (χ3n) is 2.98. The lowest BCUT2D eigenvalue weighted by Gasteiger charge is -2.16. The van der Waals surface area contributed by atoms with Gasteiger partial charge in [0.15, 0.2) is 0 Å². The number of ether oxygens (including phenoxy) is 1. The SMILES string of the molecule is CCCNc1ncnc(Oc2cccc(I)c2)c1C(C)C. The van der Waals surface area contributed by atoms with Gasteiger partial charge in [-0.2, -0.15) is 0 Å². The van der Waals surface area contributed by atoms with Crippen molar-refractivity contribution in [2.75, 3.05) is 11.9 Å². The standard InChI is InChI=1S/C16H20IN3O/c1-4-8-18-15-14(11(2)3)16(20-10-19-15)21-13-7-5-6-12(17)9-13/h5-7,9-11H,4,8H2,1-3H3,(H,18,19,20). The number of hydrogen-bond donors (Lipinski definition) is 1. The lowest BCUT2D eigenvalue weighted by Crippen LogP contribution is -2.08.